The van der Waals surface area contributed by atoms with Crippen LogP contribution in [0.15, 0.2) is 206 Å². The van der Waals surface area contributed by atoms with Crippen molar-refractivity contribution >= 4 is 75.9 Å². The molecular weight excluding hydrogens is 677 g/mol. The topological polar surface area (TPSA) is 9.86 Å². The Labute approximate surface area is 323 Å². The lowest BCUT2D eigenvalue weighted by molar-refractivity contribution is 1.17. The van der Waals surface area contributed by atoms with Crippen LogP contribution in [0.5, 0.6) is 0 Å². The van der Waals surface area contributed by atoms with E-state index in [0.29, 0.717) is 0 Å². The Morgan fingerprint density at radius 3 is 1.32 bits per heavy atom. The van der Waals surface area contributed by atoms with Gasteiger partial charge in [0.15, 0.2) is 0 Å². The molecule has 0 amide bonds. The highest BCUT2D eigenvalue weighted by Gasteiger charge is 2.20. The largest absolute Gasteiger partial charge is 0.309 e. The van der Waals surface area contributed by atoms with E-state index in [1.165, 1.54) is 98.2 Å². The third kappa shape index (κ3) is 4.57. The number of aromatic nitrogens is 2. The van der Waals surface area contributed by atoms with Gasteiger partial charge < -0.3 is 9.13 Å². The fourth-order valence-corrected chi connectivity index (χ4v) is 9.34. The second kappa shape index (κ2) is 12.0. The highest BCUT2D eigenvalue weighted by atomic mass is 15.0. The maximum absolute atomic E-state index is 2.47. The second-order valence-electron chi connectivity index (χ2n) is 14.9. The van der Waals surface area contributed by atoms with Crippen LogP contribution in [-0.4, -0.2) is 9.13 Å². The van der Waals surface area contributed by atoms with Crippen molar-refractivity contribution in [2.45, 2.75) is 0 Å². The zero-order chi connectivity index (χ0) is 36.7. The molecule has 0 aliphatic heterocycles. The van der Waals surface area contributed by atoms with Gasteiger partial charge in [0, 0.05) is 32.9 Å². The van der Waals surface area contributed by atoms with Crippen molar-refractivity contribution in [2.24, 2.45) is 0 Å². The molecule has 0 N–H and O–H groups in total. The maximum Gasteiger partial charge on any atom is 0.0562 e. The average molecular weight is 711 g/mol. The van der Waals surface area contributed by atoms with E-state index in [4.69, 9.17) is 0 Å². The Hall–Kier alpha value is -7.42. The number of nitrogens with zero attached hydrogens (tertiary/aromatic N) is 2. The molecule has 2 heteroatoms. The smallest absolute Gasteiger partial charge is 0.0562 e. The third-order valence-electron chi connectivity index (χ3n) is 11.9. The van der Waals surface area contributed by atoms with Gasteiger partial charge in [-0.05, 0) is 103 Å². The van der Waals surface area contributed by atoms with E-state index in [1.54, 1.807) is 0 Å². The Balaban J connectivity index is 1.10. The summed E-state index contributed by atoms with van der Waals surface area (Å²) in [5.41, 5.74) is 12.0. The molecule has 10 aromatic carbocycles. The second-order valence-corrected chi connectivity index (χ2v) is 14.9. The van der Waals surface area contributed by atoms with Crippen LogP contribution in [-0.2, 0) is 0 Å². The SMILES string of the molecule is c1ccc2c(-c3ccc(-n4c5ccccc5c5cc6c7c8ccccc8ccc7n(-c7ccc(-c8cccc9ccccc89)cc7)c6cc54)cc3)cccc2c1. The summed E-state index contributed by atoms with van der Waals surface area (Å²) in [6.07, 6.45) is 0. The van der Waals surface area contributed by atoms with Crippen LogP contribution in [0.1, 0.15) is 0 Å². The van der Waals surface area contributed by atoms with Crippen LogP contribution in [0.2, 0.25) is 0 Å². The van der Waals surface area contributed by atoms with Crippen LogP contribution >= 0.6 is 0 Å². The minimum absolute atomic E-state index is 1.14. The maximum atomic E-state index is 2.47. The highest BCUT2D eigenvalue weighted by molar-refractivity contribution is 6.25. The van der Waals surface area contributed by atoms with Crippen molar-refractivity contribution in [3.8, 4) is 33.6 Å². The molecule has 12 aromatic rings. The first-order valence-electron chi connectivity index (χ1n) is 19.3. The molecule has 0 aliphatic rings. The van der Waals surface area contributed by atoms with Gasteiger partial charge in [0.2, 0.25) is 0 Å². The van der Waals surface area contributed by atoms with Gasteiger partial charge >= 0.3 is 0 Å². The van der Waals surface area contributed by atoms with Crippen molar-refractivity contribution in [3.05, 3.63) is 206 Å². The van der Waals surface area contributed by atoms with Crippen molar-refractivity contribution in [1.82, 2.24) is 9.13 Å². The molecule has 0 spiro atoms. The summed E-state index contributed by atoms with van der Waals surface area (Å²) in [7, 11) is 0. The van der Waals surface area contributed by atoms with Gasteiger partial charge in [-0.15, -0.1) is 0 Å². The standard InChI is InChI=1S/C54H34N2/c1-4-16-42-35(11-1)14-9-20-44(42)38-23-28-40(29-24-38)55-50-22-8-7-19-47(50)48-33-49-53(34-52(48)55)56(51-32-27-37-13-3-6-18-46(37)54(49)51)41-30-25-39(26-31-41)45-21-10-15-36-12-2-5-17-43(36)45/h1-34H. The highest BCUT2D eigenvalue weighted by Crippen LogP contribution is 2.42. The van der Waals surface area contributed by atoms with E-state index < -0.39 is 0 Å². The third-order valence-corrected chi connectivity index (χ3v) is 11.9. The first-order chi connectivity index (χ1) is 27.8. The van der Waals surface area contributed by atoms with Crippen LogP contribution in [0.25, 0.3) is 110 Å². The summed E-state index contributed by atoms with van der Waals surface area (Å²) in [6.45, 7) is 0. The normalized spacial score (nSPS) is 11.9. The van der Waals surface area contributed by atoms with Gasteiger partial charge in [-0.2, -0.15) is 0 Å². The van der Waals surface area contributed by atoms with Gasteiger partial charge in [0.1, 0.15) is 0 Å². The van der Waals surface area contributed by atoms with Crippen molar-refractivity contribution in [1.29, 1.82) is 0 Å². The molecule has 56 heavy (non-hydrogen) atoms. The van der Waals surface area contributed by atoms with Crippen molar-refractivity contribution in [3.63, 3.8) is 0 Å². The summed E-state index contributed by atoms with van der Waals surface area (Å²) in [4.78, 5) is 0. The molecule has 0 saturated carbocycles. The lowest BCUT2D eigenvalue weighted by Gasteiger charge is -2.12. The van der Waals surface area contributed by atoms with Crippen LogP contribution in [0, 0.1) is 0 Å². The van der Waals surface area contributed by atoms with E-state index in [2.05, 4.69) is 215 Å². The van der Waals surface area contributed by atoms with E-state index >= 15 is 0 Å². The molecular formula is C54H34N2. The summed E-state index contributed by atoms with van der Waals surface area (Å²) in [5, 5.41) is 12.6. The molecule has 260 valence electrons. The molecule has 0 bridgehead atoms. The summed E-state index contributed by atoms with van der Waals surface area (Å²) < 4.78 is 4.91. The number of rotatable bonds is 4. The van der Waals surface area contributed by atoms with Crippen LogP contribution in [0.4, 0.5) is 0 Å². The monoisotopic (exact) mass is 710 g/mol. The molecule has 0 aliphatic carbocycles. The van der Waals surface area contributed by atoms with Crippen molar-refractivity contribution in [2.75, 3.05) is 0 Å². The van der Waals surface area contributed by atoms with E-state index in [0.717, 1.165) is 11.4 Å². The summed E-state index contributed by atoms with van der Waals surface area (Å²) in [5.74, 6) is 0. The minimum Gasteiger partial charge on any atom is -0.309 e. The van der Waals surface area contributed by atoms with Gasteiger partial charge in [-0.3, -0.25) is 0 Å². The molecule has 0 fully saturated rings. The predicted molar refractivity (Wildman–Crippen MR) is 239 cm³/mol. The van der Waals surface area contributed by atoms with E-state index in [-0.39, 0.29) is 0 Å². The fourth-order valence-electron chi connectivity index (χ4n) is 9.34. The number of para-hydroxylation sites is 1. The molecule has 2 nitrogen and oxygen atoms in total. The Bertz CT molecular complexity index is 3500. The first kappa shape index (κ1) is 31.0. The molecule has 2 heterocycles. The van der Waals surface area contributed by atoms with Crippen molar-refractivity contribution < 1.29 is 0 Å². The lowest BCUT2D eigenvalue weighted by atomic mass is 9.98. The number of fused-ring (bicyclic) bond motifs is 10. The van der Waals surface area contributed by atoms with Gasteiger partial charge in [-0.1, -0.05) is 158 Å². The number of hydrogen-bond acceptors (Lipinski definition) is 0. The van der Waals surface area contributed by atoms with Gasteiger partial charge in [0.25, 0.3) is 0 Å². The average Bonchev–Trinajstić information content (AvgIpc) is 3.77. The Morgan fingerprint density at radius 1 is 0.250 bits per heavy atom. The van der Waals surface area contributed by atoms with E-state index in [1.807, 2.05) is 0 Å². The molecule has 0 saturated heterocycles. The zero-order valence-corrected chi connectivity index (χ0v) is 30.5. The Morgan fingerprint density at radius 2 is 0.714 bits per heavy atom. The predicted octanol–water partition coefficient (Wildman–Crippen LogP) is 14.7. The van der Waals surface area contributed by atoms with Gasteiger partial charge in [-0.25, -0.2) is 0 Å². The quantitative estimate of drug-likeness (QED) is 0.172. The molecule has 2 aromatic heterocycles. The molecule has 0 atom stereocenters. The van der Waals surface area contributed by atoms with Crippen LogP contribution < -0.4 is 0 Å². The number of hydrogen-bond donors (Lipinski definition) is 0. The first-order valence-corrected chi connectivity index (χ1v) is 19.3. The lowest BCUT2D eigenvalue weighted by Crippen LogP contribution is -1.96. The van der Waals surface area contributed by atoms with E-state index in [9.17, 15) is 0 Å². The van der Waals surface area contributed by atoms with Crippen LogP contribution in [0.3, 0.4) is 0 Å². The molecule has 0 radical (unpaired) electrons. The zero-order valence-electron chi connectivity index (χ0n) is 30.5. The Kier molecular flexibility index (Phi) is 6.66. The fraction of sp³-hybridized carbons (Fsp3) is 0. The summed E-state index contributed by atoms with van der Waals surface area (Å²) in [6, 6.07) is 75.8. The van der Waals surface area contributed by atoms with Gasteiger partial charge in [0.05, 0.1) is 22.1 Å². The minimum atomic E-state index is 1.14. The summed E-state index contributed by atoms with van der Waals surface area (Å²) >= 11 is 0. The molecule has 12 rings (SSSR count). The number of benzene rings is 10. The molecule has 0 unspecified atom stereocenters.